The molecule has 3 rings (SSSR count). The molecule has 3 aromatic rings. The van der Waals surface area contributed by atoms with Crippen LogP contribution in [0, 0.1) is 20.8 Å². The third-order valence-electron chi connectivity index (χ3n) is 3.77. The fraction of sp³-hybridized carbons (Fsp3) is 0.158. The highest BCUT2D eigenvalue weighted by Gasteiger charge is 2.15. The van der Waals surface area contributed by atoms with Gasteiger partial charge in [0.15, 0.2) is 5.13 Å². The van der Waals surface area contributed by atoms with Crippen LogP contribution in [0.15, 0.2) is 46.3 Å². The third kappa shape index (κ3) is 3.57. The van der Waals surface area contributed by atoms with Crippen molar-refractivity contribution in [2.45, 2.75) is 20.8 Å². The van der Waals surface area contributed by atoms with Gasteiger partial charge in [0.2, 0.25) is 0 Å². The topological polar surface area (TPSA) is 42.0 Å². The average Bonchev–Trinajstić information content (AvgIpc) is 2.95. The van der Waals surface area contributed by atoms with Crippen molar-refractivity contribution in [3.8, 4) is 11.3 Å². The highest BCUT2D eigenvalue weighted by Crippen LogP contribution is 2.27. The molecule has 2 aromatic carbocycles. The molecule has 1 heterocycles. The molecule has 1 aromatic heterocycles. The Hall–Kier alpha value is -1.98. The normalized spacial score (nSPS) is 10.7. The molecule has 0 spiro atoms. The molecule has 0 fully saturated rings. The third-order valence-corrected chi connectivity index (χ3v) is 5.06. The van der Waals surface area contributed by atoms with Gasteiger partial charge in [0.05, 0.1) is 5.69 Å². The number of nitrogens with zero attached hydrogens (tertiary/aromatic N) is 1. The zero-order valence-electron chi connectivity index (χ0n) is 13.7. The predicted molar refractivity (Wildman–Crippen MR) is 104 cm³/mol. The molecule has 0 aliphatic carbocycles. The first-order chi connectivity index (χ1) is 11.4. The number of anilines is 1. The Morgan fingerprint density at radius 1 is 1.08 bits per heavy atom. The van der Waals surface area contributed by atoms with E-state index in [0.717, 1.165) is 38.0 Å². The number of thiazole rings is 1. The van der Waals surface area contributed by atoms with Crippen LogP contribution in [0.3, 0.4) is 0 Å². The maximum Gasteiger partial charge on any atom is 0.257 e. The second-order valence-electron chi connectivity index (χ2n) is 5.77. The molecule has 24 heavy (non-hydrogen) atoms. The number of hydrogen-bond acceptors (Lipinski definition) is 3. The Morgan fingerprint density at radius 3 is 2.33 bits per heavy atom. The largest absolute Gasteiger partial charge is 0.298 e. The molecule has 0 radical (unpaired) electrons. The number of halogens is 1. The summed E-state index contributed by atoms with van der Waals surface area (Å²) < 4.78 is 1.03. The summed E-state index contributed by atoms with van der Waals surface area (Å²) in [6, 6.07) is 12.0. The average molecular weight is 401 g/mol. The van der Waals surface area contributed by atoms with E-state index in [2.05, 4.69) is 26.2 Å². The van der Waals surface area contributed by atoms with Crippen molar-refractivity contribution in [2.24, 2.45) is 0 Å². The zero-order valence-corrected chi connectivity index (χ0v) is 16.1. The quantitative estimate of drug-likeness (QED) is 0.607. The Morgan fingerprint density at radius 2 is 1.71 bits per heavy atom. The fourth-order valence-corrected chi connectivity index (χ4v) is 3.76. The second-order valence-corrected chi connectivity index (χ2v) is 7.55. The van der Waals surface area contributed by atoms with Gasteiger partial charge >= 0.3 is 0 Å². The van der Waals surface area contributed by atoms with Gasteiger partial charge < -0.3 is 0 Å². The minimum Gasteiger partial charge on any atom is -0.298 e. The molecular formula is C19H17BrN2OS. The van der Waals surface area contributed by atoms with Gasteiger partial charge in [0, 0.05) is 21.0 Å². The number of carbonyl (C=O) groups is 1. The molecule has 0 unspecified atom stereocenters. The summed E-state index contributed by atoms with van der Waals surface area (Å²) >= 11 is 4.86. The molecule has 5 heteroatoms. The van der Waals surface area contributed by atoms with Crippen LogP contribution in [0.4, 0.5) is 5.13 Å². The monoisotopic (exact) mass is 400 g/mol. The van der Waals surface area contributed by atoms with Gasteiger partial charge in [-0.15, -0.1) is 11.3 Å². The fourth-order valence-electron chi connectivity index (χ4n) is 2.78. The summed E-state index contributed by atoms with van der Waals surface area (Å²) in [4.78, 5) is 17.1. The summed E-state index contributed by atoms with van der Waals surface area (Å²) in [7, 11) is 0. The molecule has 0 aliphatic rings. The minimum atomic E-state index is -0.110. The van der Waals surface area contributed by atoms with Crippen LogP contribution in [-0.4, -0.2) is 10.9 Å². The van der Waals surface area contributed by atoms with E-state index in [1.54, 1.807) is 0 Å². The summed E-state index contributed by atoms with van der Waals surface area (Å²) in [5.74, 6) is -0.110. The van der Waals surface area contributed by atoms with Crippen molar-refractivity contribution in [1.82, 2.24) is 4.98 Å². The molecule has 0 bridgehead atoms. The van der Waals surface area contributed by atoms with Crippen molar-refractivity contribution in [3.05, 3.63) is 68.5 Å². The van der Waals surface area contributed by atoms with Gasteiger partial charge in [-0.25, -0.2) is 4.98 Å². The molecule has 3 nitrogen and oxygen atoms in total. The highest BCUT2D eigenvalue weighted by atomic mass is 79.9. The molecular weight excluding hydrogens is 384 g/mol. The van der Waals surface area contributed by atoms with E-state index in [9.17, 15) is 4.79 Å². The minimum absolute atomic E-state index is 0.110. The van der Waals surface area contributed by atoms with Gasteiger partial charge in [0.1, 0.15) is 0 Å². The lowest BCUT2D eigenvalue weighted by atomic mass is 9.99. The number of aromatic nitrogens is 1. The Bertz CT molecular complexity index is 877. The van der Waals surface area contributed by atoms with E-state index < -0.39 is 0 Å². The number of carbonyl (C=O) groups excluding carboxylic acids is 1. The molecule has 1 N–H and O–H groups in total. The van der Waals surface area contributed by atoms with Gasteiger partial charge in [0.25, 0.3) is 5.91 Å². The van der Waals surface area contributed by atoms with Crippen LogP contribution in [0.2, 0.25) is 0 Å². The molecule has 122 valence electrons. The van der Waals surface area contributed by atoms with Crippen molar-refractivity contribution in [2.75, 3.05) is 5.32 Å². The van der Waals surface area contributed by atoms with E-state index in [1.165, 1.54) is 11.3 Å². The lowest BCUT2D eigenvalue weighted by molar-refractivity contribution is 0.102. The molecule has 0 saturated carbocycles. The van der Waals surface area contributed by atoms with Crippen molar-refractivity contribution in [1.29, 1.82) is 0 Å². The van der Waals surface area contributed by atoms with E-state index in [0.29, 0.717) is 5.13 Å². The van der Waals surface area contributed by atoms with E-state index in [4.69, 9.17) is 0 Å². The van der Waals surface area contributed by atoms with E-state index >= 15 is 0 Å². The van der Waals surface area contributed by atoms with E-state index in [1.807, 2.05) is 62.5 Å². The van der Waals surface area contributed by atoms with Crippen LogP contribution in [0.5, 0.6) is 0 Å². The van der Waals surface area contributed by atoms with E-state index in [-0.39, 0.29) is 5.91 Å². The SMILES string of the molecule is Cc1cc(C)c(C(=O)Nc2nc(-c3ccc(Br)cc3)cs2)c(C)c1. The second kappa shape index (κ2) is 6.87. The molecule has 0 aliphatic heterocycles. The Balaban J connectivity index is 1.82. The highest BCUT2D eigenvalue weighted by molar-refractivity contribution is 9.10. The first-order valence-corrected chi connectivity index (χ1v) is 9.22. The van der Waals surface area contributed by atoms with Crippen LogP contribution in [0.1, 0.15) is 27.0 Å². The first-order valence-electron chi connectivity index (χ1n) is 7.54. The zero-order chi connectivity index (χ0) is 17.3. The summed E-state index contributed by atoms with van der Waals surface area (Å²) in [6.45, 7) is 5.96. The Kier molecular flexibility index (Phi) is 4.83. The van der Waals surface area contributed by atoms with Crippen molar-refractivity contribution < 1.29 is 4.79 Å². The van der Waals surface area contributed by atoms with Crippen LogP contribution < -0.4 is 5.32 Å². The molecule has 0 atom stereocenters. The van der Waals surface area contributed by atoms with Crippen LogP contribution in [0.25, 0.3) is 11.3 Å². The number of nitrogens with one attached hydrogen (secondary N) is 1. The van der Waals surface area contributed by atoms with Crippen LogP contribution in [-0.2, 0) is 0 Å². The van der Waals surface area contributed by atoms with Crippen LogP contribution >= 0.6 is 27.3 Å². The van der Waals surface area contributed by atoms with Gasteiger partial charge in [-0.05, 0) is 44.0 Å². The standard InChI is InChI=1S/C19H17BrN2OS/c1-11-8-12(2)17(13(3)9-11)18(23)22-19-21-16(10-24-19)14-4-6-15(20)7-5-14/h4-10H,1-3H3,(H,21,22,23). The summed E-state index contributed by atoms with van der Waals surface area (Å²) in [6.07, 6.45) is 0. The van der Waals surface area contributed by atoms with Crippen molar-refractivity contribution >= 4 is 38.3 Å². The maximum absolute atomic E-state index is 12.6. The maximum atomic E-state index is 12.6. The summed E-state index contributed by atoms with van der Waals surface area (Å²) in [5, 5.41) is 5.48. The lowest BCUT2D eigenvalue weighted by Crippen LogP contribution is -2.15. The lowest BCUT2D eigenvalue weighted by Gasteiger charge is -2.10. The number of benzene rings is 2. The Labute approximate surface area is 153 Å². The predicted octanol–water partition coefficient (Wildman–Crippen LogP) is 5.75. The van der Waals surface area contributed by atoms with Crippen molar-refractivity contribution in [3.63, 3.8) is 0 Å². The number of rotatable bonds is 3. The van der Waals surface area contributed by atoms with Gasteiger partial charge in [-0.3, -0.25) is 10.1 Å². The summed E-state index contributed by atoms with van der Waals surface area (Å²) in [5.41, 5.74) is 5.73. The smallest absolute Gasteiger partial charge is 0.257 e. The number of aryl methyl sites for hydroxylation is 3. The van der Waals surface area contributed by atoms with Gasteiger partial charge in [-0.1, -0.05) is 45.8 Å². The molecule has 0 saturated heterocycles. The van der Waals surface area contributed by atoms with Gasteiger partial charge in [-0.2, -0.15) is 0 Å². The molecule has 1 amide bonds. The number of hydrogen-bond donors (Lipinski definition) is 1. The number of amides is 1. The first kappa shape index (κ1) is 16.9.